The first kappa shape index (κ1) is 15.2. The molecule has 7 nitrogen and oxygen atoms in total. The summed E-state index contributed by atoms with van der Waals surface area (Å²) >= 11 is 0. The third kappa shape index (κ3) is 5.09. The molecule has 0 saturated carbocycles. The van der Waals surface area contributed by atoms with Crippen molar-refractivity contribution in [3.63, 3.8) is 0 Å². The number of hydrogen-bond acceptors (Lipinski definition) is 5. The molecule has 106 valence electrons. The average Bonchev–Trinajstić information content (AvgIpc) is 2.72. The van der Waals surface area contributed by atoms with Crippen molar-refractivity contribution >= 4 is 11.8 Å². The summed E-state index contributed by atoms with van der Waals surface area (Å²) in [7, 11) is 0. The van der Waals surface area contributed by atoms with E-state index in [0.717, 1.165) is 0 Å². The number of nitrogens with zero attached hydrogens (tertiary/aromatic N) is 1. The van der Waals surface area contributed by atoms with Crippen molar-refractivity contribution in [1.29, 1.82) is 0 Å². The lowest BCUT2D eigenvalue weighted by molar-refractivity contribution is -0.402. The van der Waals surface area contributed by atoms with Crippen molar-refractivity contribution in [2.45, 2.75) is 45.8 Å². The van der Waals surface area contributed by atoms with Gasteiger partial charge in [0.2, 0.25) is 5.91 Å². The fourth-order valence-corrected chi connectivity index (χ4v) is 1.38. The molecule has 0 radical (unpaired) electrons. The Hall–Kier alpha value is -1.89. The van der Waals surface area contributed by atoms with Crippen LogP contribution < -0.4 is 10.6 Å². The highest BCUT2D eigenvalue weighted by atomic mass is 16.6. The molecule has 0 aliphatic rings. The molecule has 1 amide bonds. The highest BCUT2D eigenvalue weighted by Crippen LogP contribution is 2.15. The molecule has 1 unspecified atom stereocenters. The maximum atomic E-state index is 11.8. The molecule has 7 heteroatoms. The molecule has 0 saturated heterocycles. The van der Waals surface area contributed by atoms with Crippen molar-refractivity contribution in [3.05, 3.63) is 28.0 Å². The first-order valence-electron chi connectivity index (χ1n) is 5.97. The minimum atomic E-state index is -0.598. The second-order valence-corrected chi connectivity index (χ2v) is 5.34. The van der Waals surface area contributed by atoms with Crippen molar-refractivity contribution in [2.75, 3.05) is 0 Å². The number of nitrogens with one attached hydrogen (secondary N) is 2. The molecular weight excluding hydrogens is 250 g/mol. The molecule has 19 heavy (non-hydrogen) atoms. The van der Waals surface area contributed by atoms with Gasteiger partial charge in [0, 0.05) is 5.54 Å². The molecule has 1 aromatic heterocycles. The molecule has 1 heterocycles. The highest BCUT2D eigenvalue weighted by molar-refractivity contribution is 5.81. The monoisotopic (exact) mass is 269 g/mol. The molecule has 0 aliphatic carbocycles. The maximum absolute atomic E-state index is 11.8. The number of furan rings is 1. The molecule has 1 rings (SSSR count). The first-order chi connectivity index (χ1) is 8.69. The van der Waals surface area contributed by atoms with Gasteiger partial charge in [-0.2, -0.15) is 0 Å². The van der Waals surface area contributed by atoms with E-state index in [1.165, 1.54) is 12.1 Å². The van der Waals surface area contributed by atoms with E-state index in [1.54, 1.807) is 6.92 Å². The lowest BCUT2D eigenvalue weighted by atomic mass is 10.1. The second-order valence-electron chi connectivity index (χ2n) is 5.34. The quantitative estimate of drug-likeness (QED) is 0.624. The number of amides is 1. The third-order valence-electron chi connectivity index (χ3n) is 2.30. The molecule has 0 spiro atoms. The Kier molecular flexibility index (Phi) is 4.66. The summed E-state index contributed by atoms with van der Waals surface area (Å²) in [6.45, 7) is 7.67. The summed E-state index contributed by atoms with van der Waals surface area (Å²) in [6.07, 6.45) is 0. The lowest BCUT2D eigenvalue weighted by Gasteiger charge is -2.23. The Bertz CT molecular complexity index is 462. The van der Waals surface area contributed by atoms with Gasteiger partial charge in [0.25, 0.3) is 0 Å². The van der Waals surface area contributed by atoms with E-state index in [0.29, 0.717) is 5.76 Å². The minimum absolute atomic E-state index is 0.131. The summed E-state index contributed by atoms with van der Waals surface area (Å²) in [5.41, 5.74) is -0.295. The van der Waals surface area contributed by atoms with Crippen LogP contribution in [-0.2, 0) is 11.3 Å². The van der Waals surface area contributed by atoms with E-state index in [1.807, 2.05) is 20.8 Å². The third-order valence-corrected chi connectivity index (χ3v) is 2.30. The molecular formula is C12H19N3O4. The zero-order valence-electron chi connectivity index (χ0n) is 11.5. The molecule has 2 N–H and O–H groups in total. The van der Waals surface area contributed by atoms with E-state index >= 15 is 0 Å². The standard InChI is InChI=1S/C12H19N3O4/c1-8(11(16)14-12(2,3)4)13-7-9-5-6-10(19-9)15(17)18/h5-6,8,13H,7H2,1-4H3,(H,14,16). The smallest absolute Gasteiger partial charge is 0.404 e. The van der Waals surface area contributed by atoms with E-state index in [4.69, 9.17) is 4.42 Å². The van der Waals surface area contributed by atoms with Crippen LogP contribution in [0.1, 0.15) is 33.5 Å². The molecule has 1 atom stereocenters. The minimum Gasteiger partial charge on any atom is -0.404 e. The SMILES string of the molecule is CC(NCc1ccc([N+](=O)[O-])o1)C(=O)NC(C)(C)C. The zero-order chi connectivity index (χ0) is 14.6. The molecule has 0 aromatic carbocycles. The van der Waals surface area contributed by atoms with Crippen LogP contribution >= 0.6 is 0 Å². The van der Waals surface area contributed by atoms with Crippen molar-refractivity contribution in [1.82, 2.24) is 10.6 Å². The summed E-state index contributed by atoms with van der Waals surface area (Å²) in [6, 6.07) is 2.39. The molecule has 0 fully saturated rings. The van der Waals surface area contributed by atoms with Crippen LogP contribution in [0.25, 0.3) is 0 Å². The van der Waals surface area contributed by atoms with Gasteiger partial charge in [-0.05, 0) is 33.8 Å². The van der Waals surface area contributed by atoms with Gasteiger partial charge in [0.15, 0.2) is 0 Å². The highest BCUT2D eigenvalue weighted by Gasteiger charge is 2.19. The van der Waals surface area contributed by atoms with Crippen molar-refractivity contribution in [2.24, 2.45) is 0 Å². The number of carbonyl (C=O) groups is 1. The Morgan fingerprint density at radius 1 is 1.47 bits per heavy atom. The van der Waals surface area contributed by atoms with Gasteiger partial charge in [-0.25, -0.2) is 0 Å². The van der Waals surface area contributed by atoms with Gasteiger partial charge >= 0.3 is 5.88 Å². The molecule has 0 aliphatic heterocycles. The van der Waals surface area contributed by atoms with E-state index in [-0.39, 0.29) is 23.9 Å². The van der Waals surface area contributed by atoms with Crippen molar-refractivity contribution < 1.29 is 14.1 Å². The number of rotatable bonds is 5. The van der Waals surface area contributed by atoms with Gasteiger partial charge < -0.3 is 9.73 Å². The summed E-state index contributed by atoms with van der Waals surface area (Å²) in [4.78, 5) is 21.6. The predicted molar refractivity (Wildman–Crippen MR) is 69.6 cm³/mol. The Labute approximate surface area is 111 Å². The molecule has 1 aromatic rings. The number of nitro groups is 1. The van der Waals surface area contributed by atoms with Crippen LogP contribution in [-0.4, -0.2) is 22.4 Å². The number of hydrogen-bond donors (Lipinski definition) is 2. The topological polar surface area (TPSA) is 97.4 Å². The summed E-state index contributed by atoms with van der Waals surface area (Å²) < 4.78 is 4.98. The van der Waals surface area contributed by atoms with Gasteiger partial charge in [-0.1, -0.05) is 0 Å². The van der Waals surface area contributed by atoms with E-state index < -0.39 is 11.0 Å². The number of carbonyl (C=O) groups excluding carboxylic acids is 1. The lowest BCUT2D eigenvalue weighted by Crippen LogP contribution is -2.49. The summed E-state index contributed by atoms with van der Waals surface area (Å²) in [5.74, 6) is -0.0146. The van der Waals surface area contributed by atoms with Gasteiger partial charge in [0.1, 0.15) is 10.7 Å². The van der Waals surface area contributed by atoms with Crippen LogP contribution in [0.2, 0.25) is 0 Å². The normalized spacial score (nSPS) is 13.1. The van der Waals surface area contributed by atoms with Gasteiger partial charge in [-0.3, -0.25) is 20.2 Å². The zero-order valence-corrected chi connectivity index (χ0v) is 11.5. The van der Waals surface area contributed by atoms with Crippen LogP contribution in [0.5, 0.6) is 0 Å². The Morgan fingerprint density at radius 2 is 2.11 bits per heavy atom. The van der Waals surface area contributed by atoms with Crippen LogP contribution in [0, 0.1) is 10.1 Å². The average molecular weight is 269 g/mol. The van der Waals surface area contributed by atoms with Crippen LogP contribution in [0.15, 0.2) is 16.5 Å². The summed E-state index contributed by atoms with van der Waals surface area (Å²) in [5, 5.41) is 16.2. The Morgan fingerprint density at radius 3 is 2.58 bits per heavy atom. The fraction of sp³-hybridized carbons (Fsp3) is 0.583. The first-order valence-corrected chi connectivity index (χ1v) is 5.97. The van der Waals surface area contributed by atoms with E-state index in [9.17, 15) is 14.9 Å². The van der Waals surface area contributed by atoms with E-state index in [2.05, 4.69) is 10.6 Å². The van der Waals surface area contributed by atoms with Crippen LogP contribution in [0.4, 0.5) is 5.88 Å². The van der Waals surface area contributed by atoms with Gasteiger partial charge in [0.05, 0.1) is 18.7 Å². The second kappa shape index (κ2) is 5.83. The molecule has 0 bridgehead atoms. The van der Waals surface area contributed by atoms with Gasteiger partial charge in [-0.15, -0.1) is 0 Å². The Balaban J connectivity index is 2.47. The van der Waals surface area contributed by atoms with Crippen LogP contribution in [0.3, 0.4) is 0 Å². The maximum Gasteiger partial charge on any atom is 0.433 e. The fourth-order valence-electron chi connectivity index (χ4n) is 1.38. The predicted octanol–water partition coefficient (Wildman–Crippen LogP) is 1.58. The van der Waals surface area contributed by atoms with Crippen molar-refractivity contribution in [3.8, 4) is 0 Å². The largest absolute Gasteiger partial charge is 0.433 e.